The fourth-order valence-corrected chi connectivity index (χ4v) is 2.36. The van der Waals surface area contributed by atoms with Gasteiger partial charge >= 0.3 is 0 Å². The van der Waals surface area contributed by atoms with E-state index in [-0.39, 0.29) is 0 Å². The van der Waals surface area contributed by atoms with Gasteiger partial charge in [0, 0.05) is 5.56 Å². The van der Waals surface area contributed by atoms with E-state index in [0.717, 1.165) is 29.7 Å². The van der Waals surface area contributed by atoms with Gasteiger partial charge in [0.15, 0.2) is 0 Å². The van der Waals surface area contributed by atoms with Crippen LogP contribution in [0, 0.1) is 11.3 Å². The molecule has 0 aliphatic rings. The summed E-state index contributed by atoms with van der Waals surface area (Å²) in [5, 5.41) is 8.90. The van der Waals surface area contributed by atoms with E-state index in [2.05, 4.69) is 19.1 Å². The van der Waals surface area contributed by atoms with Crippen molar-refractivity contribution in [2.45, 2.75) is 26.2 Å². The minimum absolute atomic E-state index is 0.679. The van der Waals surface area contributed by atoms with Crippen LogP contribution in [-0.2, 0) is 6.42 Å². The zero-order chi connectivity index (χ0) is 14.4. The number of nitrogens with zero attached hydrogens (tertiary/aromatic N) is 1. The first-order chi connectivity index (χ1) is 9.80. The number of nitriles is 1. The molecule has 2 aromatic rings. The van der Waals surface area contributed by atoms with Gasteiger partial charge in [0.2, 0.25) is 0 Å². The second kappa shape index (κ2) is 6.77. The van der Waals surface area contributed by atoms with Crippen LogP contribution in [0.1, 0.15) is 30.9 Å². The summed E-state index contributed by atoms with van der Waals surface area (Å²) in [4.78, 5) is 0. The Balaban J connectivity index is 2.48. The molecule has 20 heavy (non-hydrogen) atoms. The van der Waals surface area contributed by atoms with Crippen LogP contribution in [-0.4, -0.2) is 7.11 Å². The first kappa shape index (κ1) is 14.1. The van der Waals surface area contributed by atoms with Crippen LogP contribution >= 0.6 is 0 Å². The van der Waals surface area contributed by atoms with Gasteiger partial charge in [-0.15, -0.1) is 0 Å². The zero-order valence-corrected chi connectivity index (χ0v) is 12.0. The summed E-state index contributed by atoms with van der Waals surface area (Å²) in [6.45, 7) is 2.20. The molecule has 0 atom stereocenters. The van der Waals surface area contributed by atoms with Gasteiger partial charge in [-0.2, -0.15) is 5.26 Å². The molecule has 0 aromatic heterocycles. The predicted molar refractivity (Wildman–Crippen MR) is 81.8 cm³/mol. The van der Waals surface area contributed by atoms with Crippen LogP contribution in [0.15, 0.2) is 42.5 Å². The van der Waals surface area contributed by atoms with Gasteiger partial charge in [0.05, 0.1) is 18.7 Å². The highest BCUT2D eigenvalue weighted by Crippen LogP contribution is 2.34. The number of rotatable bonds is 5. The third-order valence-electron chi connectivity index (χ3n) is 3.43. The van der Waals surface area contributed by atoms with Gasteiger partial charge in [-0.25, -0.2) is 0 Å². The van der Waals surface area contributed by atoms with Crippen molar-refractivity contribution in [3.63, 3.8) is 0 Å². The average Bonchev–Trinajstić information content (AvgIpc) is 2.52. The molecule has 2 rings (SSSR count). The van der Waals surface area contributed by atoms with Crippen molar-refractivity contribution < 1.29 is 4.74 Å². The molecule has 2 heteroatoms. The molecular weight excluding hydrogens is 246 g/mol. The van der Waals surface area contributed by atoms with Crippen LogP contribution in [0.3, 0.4) is 0 Å². The van der Waals surface area contributed by atoms with Crippen molar-refractivity contribution in [1.29, 1.82) is 5.26 Å². The monoisotopic (exact) mass is 265 g/mol. The highest BCUT2D eigenvalue weighted by Gasteiger charge is 2.11. The van der Waals surface area contributed by atoms with Gasteiger partial charge in [0.1, 0.15) is 5.75 Å². The van der Waals surface area contributed by atoms with E-state index < -0.39 is 0 Å². The standard InChI is InChI=1S/C18H19NO/c1-3-4-6-15-7-5-8-17(20-2)18(15)16-11-9-14(13-19)10-12-16/h5,7-12H,3-4,6H2,1-2H3. The second-order valence-electron chi connectivity index (χ2n) is 4.79. The molecule has 2 aromatic carbocycles. The number of aryl methyl sites for hydroxylation is 1. The SMILES string of the molecule is CCCCc1cccc(OC)c1-c1ccc(C#N)cc1. The Morgan fingerprint density at radius 3 is 2.45 bits per heavy atom. The number of hydrogen-bond acceptors (Lipinski definition) is 2. The summed E-state index contributed by atoms with van der Waals surface area (Å²) in [5.74, 6) is 0.892. The molecule has 102 valence electrons. The Kier molecular flexibility index (Phi) is 4.79. The van der Waals surface area contributed by atoms with Gasteiger partial charge in [-0.1, -0.05) is 37.6 Å². The number of benzene rings is 2. The quantitative estimate of drug-likeness (QED) is 0.793. The minimum Gasteiger partial charge on any atom is -0.496 e. The van der Waals surface area contributed by atoms with Gasteiger partial charge < -0.3 is 4.74 Å². The van der Waals surface area contributed by atoms with Crippen LogP contribution in [0.25, 0.3) is 11.1 Å². The minimum atomic E-state index is 0.679. The molecule has 0 saturated heterocycles. The van der Waals surface area contributed by atoms with Crippen molar-refractivity contribution in [1.82, 2.24) is 0 Å². The molecular formula is C18H19NO. The highest BCUT2D eigenvalue weighted by atomic mass is 16.5. The average molecular weight is 265 g/mol. The lowest BCUT2D eigenvalue weighted by atomic mass is 9.94. The van der Waals surface area contributed by atoms with Crippen LogP contribution in [0.2, 0.25) is 0 Å². The molecule has 0 aliphatic heterocycles. The largest absolute Gasteiger partial charge is 0.496 e. The number of hydrogen-bond donors (Lipinski definition) is 0. The maximum atomic E-state index is 8.90. The predicted octanol–water partition coefficient (Wildman–Crippen LogP) is 4.58. The van der Waals surface area contributed by atoms with E-state index >= 15 is 0 Å². The zero-order valence-electron chi connectivity index (χ0n) is 12.0. The lowest BCUT2D eigenvalue weighted by Gasteiger charge is -2.14. The number of ether oxygens (including phenoxy) is 1. The summed E-state index contributed by atoms with van der Waals surface area (Å²) in [6.07, 6.45) is 3.38. The lowest BCUT2D eigenvalue weighted by molar-refractivity contribution is 0.416. The number of unbranched alkanes of at least 4 members (excludes halogenated alkanes) is 1. The Hall–Kier alpha value is -2.27. The van der Waals surface area contributed by atoms with Crippen LogP contribution in [0.5, 0.6) is 5.75 Å². The highest BCUT2D eigenvalue weighted by molar-refractivity contribution is 5.74. The first-order valence-corrected chi connectivity index (χ1v) is 6.96. The summed E-state index contributed by atoms with van der Waals surface area (Å²) in [5.41, 5.74) is 4.23. The molecule has 0 amide bonds. The Labute approximate surface area is 120 Å². The summed E-state index contributed by atoms with van der Waals surface area (Å²) in [7, 11) is 1.70. The van der Waals surface area contributed by atoms with Gasteiger partial charge in [0.25, 0.3) is 0 Å². The summed E-state index contributed by atoms with van der Waals surface area (Å²) >= 11 is 0. The van der Waals surface area contributed by atoms with Crippen molar-refractivity contribution in [3.05, 3.63) is 53.6 Å². The molecule has 0 unspecified atom stereocenters. The smallest absolute Gasteiger partial charge is 0.126 e. The third kappa shape index (κ3) is 3.00. The van der Waals surface area contributed by atoms with Crippen molar-refractivity contribution >= 4 is 0 Å². The molecule has 0 spiro atoms. The topological polar surface area (TPSA) is 33.0 Å². The Bertz CT molecular complexity index is 608. The van der Waals surface area contributed by atoms with Crippen molar-refractivity contribution in [3.8, 4) is 22.9 Å². The summed E-state index contributed by atoms with van der Waals surface area (Å²) in [6, 6.07) is 16.0. The van der Waals surface area contributed by atoms with E-state index in [1.807, 2.05) is 36.4 Å². The van der Waals surface area contributed by atoms with E-state index in [9.17, 15) is 0 Å². The van der Waals surface area contributed by atoms with Gasteiger partial charge in [-0.05, 0) is 42.2 Å². The Morgan fingerprint density at radius 2 is 1.85 bits per heavy atom. The van der Waals surface area contributed by atoms with Gasteiger partial charge in [-0.3, -0.25) is 0 Å². The molecule has 0 bridgehead atoms. The number of methoxy groups -OCH3 is 1. The normalized spacial score (nSPS) is 10.1. The van der Waals surface area contributed by atoms with Crippen molar-refractivity contribution in [2.75, 3.05) is 7.11 Å². The van der Waals surface area contributed by atoms with E-state index in [4.69, 9.17) is 10.00 Å². The lowest BCUT2D eigenvalue weighted by Crippen LogP contribution is -1.95. The van der Waals surface area contributed by atoms with E-state index in [1.165, 1.54) is 12.0 Å². The molecule has 0 saturated carbocycles. The molecule has 0 N–H and O–H groups in total. The van der Waals surface area contributed by atoms with Crippen LogP contribution in [0.4, 0.5) is 0 Å². The molecule has 2 nitrogen and oxygen atoms in total. The molecule has 0 radical (unpaired) electrons. The maximum absolute atomic E-state index is 8.90. The molecule has 0 aliphatic carbocycles. The third-order valence-corrected chi connectivity index (χ3v) is 3.43. The van der Waals surface area contributed by atoms with Crippen LogP contribution < -0.4 is 4.74 Å². The second-order valence-corrected chi connectivity index (χ2v) is 4.79. The van der Waals surface area contributed by atoms with E-state index in [1.54, 1.807) is 7.11 Å². The maximum Gasteiger partial charge on any atom is 0.126 e. The Morgan fingerprint density at radius 1 is 1.10 bits per heavy atom. The molecule has 0 fully saturated rings. The first-order valence-electron chi connectivity index (χ1n) is 6.96. The molecule has 0 heterocycles. The fourth-order valence-electron chi connectivity index (χ4n) is 2.36. The fraction of sp³-hybridized carbons (Fsp3) is 0.278. The summed E-state index contributed by atoms with van der Waals surface area (Å²) < 4.78 is 5.51. The van der Waals surface area contributed by atoms with E-state index in [0.29, 0.717) is 5.56 Å². The van der Waals surface area contributed by atoms with Crippen molar-refractivity contribution in [2.24, 2.45) is 0 Å².